The number of benzene rings is 1. The van der Waals surface area contributed by atoms with Gasteiger partial charge in [0.15, 0.2) is 0 Å². The first kappa shape index (κ1) is 14.9. The predicted molar refractivity (Wildman–Crippen MR) is 89.7 cm³/mol. The molecule has 1 aliphatic rings. The minimum atomic E-state index is 0.0254. The van der Waals surface area contributed by atoms with E-state index in [1.54, 1.807) is 6.26 Å². The van der Waals surface area contributed by atoms with Crippen molar-refractivity contribution in [2.45, 2.75) is 45.7 Å². The third-order valence-corrected chi connectivity index (χ3v) is 4.66. The third-order valence-electron chi connectivity index (χ3n) is 4.66. The second kappa shape index (κ2) is 5.78. The number of amides is 1. The number of aryl methyl sites for hydroxylation is 3. The average Bonchev–Trinajstić information content (AvgIpc) is 3.11. The van der Waals surface area contributed by atoms with Crippen LogP contribution in [0.1, 0.15) is 29.2 Å². The largest absolute Gasteiger partial charge is 0.464 e. The number of hydrogen-bond acceptors (Lipinski definition) is 4. The molecule has 4 rings (SSSR count). The molecule has 0 saturated carbocycles. The summed E-state index contributed by atoms with van der Waals surface area (Å²) in [6, 6.07) is 6.18. The lowest BCUT2D eigenvalue weighted by atomic mass is 10.1. The summed E-state index contributed by atoms with van der Waals surface area (Å²) in [5.74, 6) is 1.94. The Hall–Kier alpha value is -2.63. The normalized spacial score (nSPS) is 17.0. The van der Waals surface area contributed by atoms with E-state index in [1.807, 2.05) is 32.0 Å². The number of carbonyl (C=O) groups is 1. The summed E-state index contributed by atoms with van der Waals surface area (Å²) in [6.45, 7) is 4.71. The number of furan rings is 1. The van der Waals surface area contributed by atoms with Gasteiger partial charge >= 0.3 is 0 Å². The third kappa shape index (κ3) is 2.68. The van der Waals surface area contributed by atoms with Crippen LogP contribution >= 0.6 is 0 Å². The van der Waals surface area contributed by atoms with E-state index in [9.17, 15) is 4.79 Å². The second-order valence-electron chi connectivity index (χ2n) is 6.51. The molecular weight excluding hydrogens is 304 g/mol. The molecule has 0 spiro atoms. The van der Waals surface area contributed by atoms with E-state index >= 15 is 0 Å². The van der Waals surface area contributed by atoms with Gasteiger partial charge in [-0.05, 0) is 31.9 Å². The van der Waals surface area contributed by atoms with Crippen molar-refractivity contribution in [3.8, 4) is 0 Å². The van der Waals surface area contributed by atoms with Gasteiger partial charge < -0.3 is 14.3 Å². The molecule has 1 unspecified atom stereocenters. The van der Waals surface area contributed by atoms with Crippen LogP contribution in [0.3, 0.4) is 0 Å². The van der Waals surface area contributed by atoms with Crippen molar-refractivity contribution in [1.82, 2.24) is 20.1 Å². The van der Waals surface area contributed by atoms with E-state index in [0.29, 0.717) is 6.42 Å². The highest BCUT2D eigenvalue weighted by Crippen LogP contribution is 2.23. The number of aromatic nitrogens is 3. The zero-order valence-electron chi connectivity index (χ0n) is 13.9. The highest BCUT2D eigenvalue weighted by atomic mass is 16.3. The molecule has 6 heteroatoms. The Morgan fingerprint density at radius 3 is 3.12 bits per heavy atom. The Morgan fingerprint density at radius 1 is 1.38 bits per heavy atom. The summed E-state index contributed by atoms with van der Waals surface area (Å²) >= 11 is 0. The summed E-state index contributed by atoms with van der Waals surface area (Å²) in [5.41, 5.74) is 2.91. The van der Waals surface area contributed by atoms with E-state index in [2.05, 4.69) is 20.1 Å². The topological polar surface area (TPSA) is 73.0 Å². The number of fused-ring (bicyclic) bond motifs is 2. The van der Waals surface area contributed by atoms with Gasteiger partial charge in [-0.3, -0.25) is 4.79 Å². The molecule has 1 aliphatic heterocycles. The molecule has 0 aliphatic carbocycles. The van der Waals surface area contributed by atoms with Crippen molar-refractivity contribution in [2.24, 2.45) is 0 Å². The van der Waals surface area contributed by atoms with Crippen molar-refractivity contribution in [1.29, 1.82) is 0 Å². The fourth-order valence-corrected chi connectivity index (χ4v) is 3.36. The molecular formula is C18H20N4O2. The molecule has 3 aromatic rings. The van der Waals surface area contributed by atoms with Gasteiger partial charge in [-0.1, -0.05) is 12.1 Å². The minimum Gasteiger partial charge on any atom is -0.464 e. The van der Waals surface area contributed by atoms with Gasteiger partial charge in [0.25, 0.3) is 0 Å². The van der Waals surface area contributed by atoms with Crippen LogP contribution < -0.4 is 5.32 Å². The van der Waals surface area contributed by atoms with Crippen LogP contribution in [0.2, 0.25) is 0 Å². The average molecular weight is 324 g/mol. The van der Waals surface area contributed by atoms with Gasteiger partial charge in [0.2, 0.25) is 5.91 Å². The van der Waals surface area contributed by atoms with E-state index in [-0.39, 0.29) is 11.9 Å². The standard InChI is InChI=1S/C18H20N4O2/c1-11-3-5-15-13(10-24-16(15)7-11)8-18(23)19-14-4-6-17-21-20-12(2)22(17)9-14/h3,5,7,10,14H,4,6,8-9H2,1-2H3,(H,19,23). The molecule has 6 nitrogen and oxygen atoms in total. The van der Waals surface area contributed by atoms with Crippen LogP contribution in [0.4, 0.5) is 0 Å². The highest BCUT2D eigenvalue weighted by molar-refractivity contribution is 5.88. The predicted octanol–water partition coefficient (Wildman–Crippen LogP) is 2.31. The van der Waals surface area contributed by atoms with Gasteiger partial charge in [0.05, 0.1) is 12.7 Å². The number of nitrogens with one attached hydrogen (secondary N) is 1. The summed E-state index contributed by atoms with van der Waals surface area (Å²) in [6.07, 6.45) is 3.77. The SMILES string of the molecule is Cc1ccc2c(CC(=O)NC3CCc4nnc(C)n4C3)coc2c1. The zero-order valence-corrected chi connectivity index (χ0v) is 13.9. The fourth-order valence-electron chi connectivity index (χ4n) is 3.36. The van der Waals surface area contributed by atoms with Gasteiger partial charge in [-0.2, -0.15) is 0 Å². The van der Waals surface area contributed by atoms with Crippen LogP contribution in [0, 0.1) is 13.8 Å². The lowest BCUT2D eigenvalue weighted by Gasteiger charge is -2.24. The molecule has 1 N–H and O–H groups in total. The van der Waals surface area contributed by atoms with Crippen molar-refractivity contribution < 1.29 is 9.21 Å². The summed E-state index contributed by atoms with van der Waals surface area (Å²) < 4.78 is 7.66. The minimum absolute atomic E-state index is 0.0254. The zero-order chi connectivity index (χ0) is 16.7. The quantitative estimate of drug-likeness (QED) is 0.802. The smallest absolute Gasteiger partial charge is 0.224 e. The number of hydrogen-bond donors (Lipinski definition) is 1. The Balaban J connectivity index is 1.44. The summed E-state index contributed by atoms with van der Waals surface area (Å²) in [7, 11) is 0. The monoisotopic (exact) mass is 324 g/mol. The van der Waals surface area contributed by atoms with Gasteiger partial charge in [-0.25, -0.2) is 0 Å². The Morgan fingerprint density at radius 2 is 2.25 bits per heavy atom. The summed E-state index contributed by atoms with van der Waals surface area (Å²) in [5, 5.41) is 12.4. The van der Waals surface area contributed by atoms with E-state index in [0.717, 1.165) is 53.1 Å². The lowest BCUT2D eigenvalue weighted by Crippen LogP contribution is -2.41. The van der Waals surface area contributed by atoms with Crippen LogP contribution in [-0.4, -0.2) is 26.7 Å². The van der Waals surface area contributed by atoms with E-state index in [4.69, 9.17) is 4.42 Å². The fraction of sp³-hybridized carbons (Fsp3) is 0.389. The van der Waals surface area contributed by atoms with Crippen LogP contribution in [0.15, 0.2) is 28.9 Å². The van der Waals surface area contributed by atoms with Gasteiger partial charge in [0.1, 0.15) is 17.2 Å². The first-order valence-corrected chi connectivity index (χ1v) is 8.25. The van der Waals surface area contributed by atoms with Crippen molar-refractivity contribution in [2.75, 3.05) is 0 Å². The van der Waals surface area contributed by atoms with Crippen molar-refractivity contribution in [3.05, 3.63) is 47.2 Å². The Labute approximate surface area is 139 Å². The Bertz CT molecular complexity index is 909. The molecule has 1 atom stereocenters. The summed E-state index contributed by atoms with van der Waals surface area (Å²) in [4.78, 5) is 12.4. The van der Waals surface area contributed by atoms with Gasteiger partial charge in [-0.15, -0.1) is 10.2 Å². The first-order chi connectivity index (χ1) is 11.6. The van der Waals surface area contributed by atoms with Gasteiger partial charge in [0, 0.05) is 30.0 Å². The molecule has 1 aromatic carbocycles. The molecule has 24 heavy (non-hydrogen) atoms. The molecule has 0 fully saturated rings. The van der Waals surface area contributed by atoms with E-state index in [1.165, 1.54) is 0 Å². The highest BCUT2D eigenvalue weighted by Gasteiger charge is 2.23. The first-order valence-electron chi connectivity index (χ1n) is 8.25. The molecule has 0 radical (unpaired) electrons. The number of rotatable bonds is 3. The van der Waals surface area contributed by atoms with E-state index < -0.39 is 0 Å². The number of carbonyl (C=O) groups excluding carboxylic acids is 1. The molecule has 3 heterocycles. The maximum absolute atomic E-state index is 12.4. The molecule has 0 saturated heterocycles. The van der Waals surface area contributed by atoms with Crippen LogP contribution in [0.5, 0.6) is 0 Å². The van der Waals surface area contributed by atoms with Crippen molar-refractivity contribution in [3.63, 3.8) is 0 Å². The van der Waals surface area contributed by atoms with Crippen LogP contribution in [0.25, 0.3) is 11.0 Å². The van der Waals surface area contributed by atoms with Crippen LogP contribution in [-0.2, 0) is 24.2 Å². The number of nitrogens with zero attached hydrogens (tertiary/aromatic N) is 3. The second-order valence-corrected chi connectivity index (χ2v) is 6.51. The maximum atomic E-state index is 12.4. The maximum Gasteiger partial charge on any atom is 0.224 e. The van der Waals surface area contributed by atoms with Crippen molar-refractivity contribution >= 4 is 16.9 Å². The lowest BCUT2D eigenvalue weighted by molar-refractivity contribution is -0.121. The molecule has 1 amide bonds. The molecule has 2 aromatic heterocycles. The Kier molecular flexibility index (Phi) is 3.59. The molecule has 0 bridgehead atoms. The molecule has 124 valence electrons.